The zero-order valence-electron chi connectivity index (χ0n) is 9.38. The van der Waals surface area contributed by atoms with E-state index in [4.69, 9.17) is 0 Å². The van der Waals surface area contributed by atoms with E-state index in [-0.39, 0.29) is 5.91 Å². The highest BCUT2D eigenvalue weighted by Crippen LogP contribution is 2.18. The van der Waals surface area contributed by atoms with Crippen molar-refractivity contribution in [2.45, 2.75) is 33.1 Å². The van der Waals surface area contributed by atoms with Crippen molar-refractivity contribution in [3.8, 4) is 0 Å². The SMILES string of the molecule is CCCNCC(=O)N1CCC(CC)C1. The molecule has 1 saturated heterocycles. The Labute approximate surface area is 86.9 Å². The van der Waals surface area contributed by atoms with Gasteiger partial charge in [-0.05, 0) is 25.3 Å². The predicted octanol–water partition coefficient (Wildman–Crippen LogP) is 1.24. The van der Waals surface area contributed by atoms with Crippen LogP contribution in [-0.4, -0.2) is 37.0 Å². The lowest BCUT2D eigenvalue weighted by atomic mass is 10.1. The average molecular weight is 198 g/mol. The number of amides is 1. The molecule has 0 aromatic carbocycles. The van der Waals surface area contributed by atoms with Crippen LogP contribution in [0.2, 0.25) is 0 Å². The molecule has 1 fully saturated rings. The van der Waals surface area contributed by atoms with Gasteiger partial charge in [0.1, 0.15) is 0 Å². The van der Waals surface area contributed by atoms with Gasteiger partial charge in [0.2, 0.25) is 5.91 Å². The number of carbonyl (C=O) groups is 1. The predicted molar refractivity (Wildman–Crippen MR) is 58.1 cm³/mol. The first-order valence-electron chi connectivity index (χ1n) is 5.76. The summed E-state index contributed by atoms with van der Waals surface area (Å²) in [6.45, 7) is 7.71. The van der Waals surface area contributed by atoms with Gasteiger partial charge in [0.05, 0.1) is 6.54 Å². The van der Waals surface area contributed by atoms with Crippen LogP contribution in [0.15, 0.2) is 0 Å². The summed E-state index contributed by atoms with van der Waals surface area (Å²) in [4.78, 5) is 13.6. The van der Waals surface area contributed by atoms with Crippen molar-refractivity contribution in [1.82, 2.24) is 10.2 Å². The van der Waals surface area contributed by atoms with Crippen molar-refractivity contribution in [3.63, 3.8) is 0 Å². The molecule has 3 nitrogen and oxygen atoms in total. The molecule has 0 radical (unpaired) electrons. The van der Waals surface area contributed by atoms with Gasteiger partial charge in [-0.25, -0.2) is 0 Å². The maximum atomic E-state index is 11.6. The molecule has 1 amide bonds. The first kappa shape index (κ1) is 11.5. The molecule has 0 aromatic rings. The van der Waals surface area contributed by atoms with Crippen LogP contribution in [0.4, 0.5) is 0 Å². The molecule has 0 saturated carbocycles. The highest BCUT2D eigenvalue weighted by Gasteiger charge is 2.24. The lowest BCUT2D eigenvalue weighted by Gasteiger charge is -2.16. The molecule has 1 aliphatic rings. The highest BCUT2D eigenvalue weighted by atomic mass is 16.2. The summed E-state index contributed by atoms with van der Waals surface area (Å²) < 4.78 is 0. The summed E-state index contributed by atoms with van der Waals surface area (Å²) in [7, 11) is 0. The van der Waals surface area contributed by atoms with Crippen molar-refractivity contribution in [3.05, 3.63) is 0 Å². The molecule has 1 N–H and O–H groups in total. The van der Waals surface area contributed by atoms with Crippen LogP contribution in [0.3, 0.4) is 0 Å². The number of nitrogens with one attached hydrogen (secondary N) is 1. The van der Waals surface area contributed by atoms with Gasteiger partial charge in [-0.1, -0.05) is 20.3 Å². The fourth-order valence-corrected chi connectivity index (χ4v) is 1.88. The third-order valence-corrected chi connectivity index (χ3v) is 2.92. The Hall–Kier alpha value is -0.570. The summed E-state index contributed by atoms with van der Waals surface area (Å²) >= 11 is 0. The van der Waals surface area contributed by atoms with Crippen LogP contribution in [0.25, 0.3) is 0 Å². The van der Waals surface area contributed by atoms with Crippen molar-refractivity contribution >= 4 is 5.91 Å². The van der Waals surface area contributed by atoms with Crippen LogP contribution in [0.5, 0.6) is 0 Å². The van der Waals surface area contributed by atoms with E-state index in [1.807, 2.05) is 4.90 Å². The standard InChI is InChI=1S/C11H22N2O/c1-3-6-12-8-11(14)13-7-5-10(4-2)9-13/h10,12H,3-9H2,1-2H3. The van der Waals surface area contributed by atoms with Crippen LogP contribution >= 0.6 is 0 Å². The van der Waals surface area contributed by atoms with Gasteiger partial charge in [0.15, 0.2) is 0 Å². The van der Waals surface area contributed by atoms with E-state index in [0.717, 1.165) is 32.0 Å². The normalized spacial score (nSPS) is 21.6. The highest BCUT2D eigenvalue weighted by molar-refractivity contribution is 5.78. The number of likely N-dealkylation sites (tertiary alicyclic amines) is 1. The van der Waals surface area contributed by atoms with E-state index in [1.54, 1.807) is 0 Å². The van der Waals surface area contributed by atoms with Crippen molar-refractivity contribution < 1.29 is 4.79 Å². The number of nitrogens with zero attached hydrogens (tertiary/aromatic N) is 1. The number of rotatable bonds is 5. The Morgan fingerprint density at radius 3 is 2.86 bits per heavy atom. The Bertz CT molecular complexity index is 182. The first-order chi connectivity index (χ1) is 6.77. The number of hydrogen-bond acceptors (Lipinski definition) is 2. The van der Waals surface area contributed by atoms with Gasteiger partial charge in [0, 0.05) is 13.1 Å². The second kappa shape index (κ2) is 6.02. The molecule has 1 atom stereocenters. The Kier molecular flexibility index (Phi) is 4.94. The lowest BCUT2D eigenvalue weighted by Crippen LogP contribution is -2.36. The maximum Gasteiger partial charge on any atom is 0.236 e. The van der Waals surface area contributed by atoms with E-state index in [9.17, 15) is 4.79 Å². The van der Waals surface area contributed by atoms with Crippen LogP contribution in [0.1, 0.15) is 33.1 Å². The van der Waals surface area contributed by atoms with Gasteiger partial charge in [-0.2, -0.15) is 0 Å². The third kappa shape index (κ3) is 3.29. The van der Waals surface area contributed by atoms with E-state index < -0.39 is 0 Å². The minimum absolute atomic E-state index is 0.273. The topological polar surface area (TPSA) is 32.3 Å². The second-order valence-electron chi connectivity index (χ2n) is 4.08. The smallest absolute Gasteiger partial charge is 0.236 e. The van der Waals surface area contributed by atoms with E-state index in [2.05, 4.69) is 19.2 Å². The van der Waals surface area contributed by atoms with Crippen LogP contribution < -0.4 is 5.32 Å². The zero-order valence-corrected chi connectivity index (χ0v) is 9.38. The molecule has 0 spiro atoms. The van der Waals surface area contributed by atoms with Crippen molar-refractivity contribution in [2.24, 2.45) is 5.92 Å². The third-order valence-electron chi connectivity index (χ3n) is 2.92. The maximum absolute atomic E-state index is 11.6. The van der Waals surface area contributed by atoms with Gasteiger partial charge in [0.25, 0.3) is 0 Å². The molecule has 1 aliphatic heterocycles. The summed E-state index contributed by atoms with van der Waals surface area (Å²) in [6.07, 6.45) is 3.48. The summed E-state index contributed by atoms with van der Waals surface area (Å²) in [6, 6.07) is 0. The molecule has 82 valence electrons. The first-order valence-corrected chi connectivity index (χ1v) is 5.76. The molecular weight excluding hydrogens is 176 g/mol. The van der Waals surface area contributed by atoms with E-state index >= 15 is 0 Å². The minimum Gasteiger partial charge on any atom is -0.341 e. The molecule has 1 unspecified atom stereocenters. The summed E-state index contributed by atoms with van der Waals surface area (Å²) in [5.74, 6) is 1.01. The molecule has 0 aliphatic carbocycles. The van der Waals surface area contributed by atoms with Crippen LogP contribution in [0, 0.1) is 5.92 Å². The van der Waals surface area contributed by atoms with Crippen molar-refractivity contribution in [2.75, 3.05) is 26.2 Å². The fourth-order valence-electron chi connectivity index (χ4n) is 1.88. The monoisotopic (exact) mass is 198 g/mol. The molecule has 0 bridgehead atoms. The minimum atomic E-state index is 0.273. The number of hydrogen-bond donors (Lipinski definition) is 1. The number of carbonyl (C=O) groups excluding carboxylic acids is 1. The second-order valence-corrected chi connectivity index (χ2v) is 4.08. The van der Waals surface area contributed by atoms with E-state index in [1.165, 1.54) is 12.8 Å². The Morgan fingerprint density at radius 1 is 1.50 bits per heavy atom. The van der Waals surface area contributed by atoms with Gasteiger partial charge >= 0.3 is 0 Å². The van der Waals surface area contributed by atoms with Gasteiger partial charge in [-0.3, -0.25) is 4.79 Å². The Morgan fingerprint density at radius 2 is 2.29 bits per heavy atom. The fraction of sp³-hybridized carbons (Fsp3) is 0.909. The molecule has 3 heteroatoms. The lowest BCUT2D eigenvalue weighted by molar-refractivity contribution is -0.129. The Balaban J connectivity index is 2.18. The quantitative estimate of drug-likeness (QED) is 0.674. The molecular formula is C11H22N2O. The summed E-state index contributed by atoms with van der Waals surface area (Å²) in [5.41, 5.74) is 0. The van der Waals surface area contributed by atoms with E-state index in [0.29, 0.717) is 6.54 Å². The van der Waals surface area contributed by atoms with Gasteiger partial charge in [-0.15, -0.1) is 0 Å². The largest absolute Gasteiger partial charge is 0.341 e. The molecule has 14 heavy (non-hydrogen) atoms. The van der Waals surface area contributed by atoms with Crippen molar-refractivity contribution in [1.29, 1.82) is 0 Å². The zero-order chi connectivity index (χ0) is 10.4. The average Bonchev–Trinajstić information content (AvgIpc) is 2.66. The molecule has 0 aromatic heterocycles. The van der Waals surface area contributed by atoms with Crippen LogP contribution in [-0.2, 0) is 4.79 Å². The summed E-state index contributed by atoms with van der Waals surface area (Å²) in [5, 5.41) is 3.15. The van der Waals surface area contributed by atoms with Gasteiger partial charge < -0.3 is 10.2 Å². The molecule has 1 heterocycles. The molecule has 1 rings (SSSR count).